The van der Waals surface area contributed by atoms with Crippen molar-refractivity contribution in [3.05, 3.63) is 48.4 Å². The second-order valence-electron chi connectivity index (χ2n) is 6.65. The van der Waals surface area contributed by atoms with Gasteiger partial charge in [0.2, 0.25) is 0 Å². The molecule has 1 aromatic carbocycles. The number of benzene rings is 1. The normalized spacial score (nSPS) is 12.9. The van der Waals surface area contributed by atoms with Gasteiger partial charge >= 0.3 is 0 Å². The minimum absolute atomic E-state index is 0.0199. The lowest BCUT2D eigenvalue weighted by molar-refractivity contribution is 0.0870. The van der Waals surface area contributed by atoms with Crippen LogP contribution in [0.1, 0.15) is 37.7 Å². The third kappa shape index (κ3) is 4.21. The van der Waals surface area contributed by atoms with Gasteiger partial charge in [0.15, 0.2) is 5.76 Å². The van der Waals surface area contributed by atoms with Crippen LogP contribution in [0, 0.1) is 5.41 Å². The van der Waals surface area contributed by atoms with E-state index in [-0.39, 0.29) is 29.7 Å². The van der Waals surface area contributed by atoms with Gasteiger partial charge in [-0.25, -0.2) is 0 Å². The van der Waals surface area contributed by atoms with Crippen LogP contribution in [0.15, 0.2) is 47.1 Å². The number of hydrogen-bond acceptors (Lipinski definition) is 3. The van der Waals surface area contributed by atoms with E-state index in [1.54, 1.807) is 6.07 Å². The fraction of sp³-hybridized carbons (Fsp3) is 0.389. The first-order valence-electron chi connectivity index (χ1n) is 7.45. The van der Waals surface area contributed by atoms with Crippen molar-refractivity contribution in [2.75, 3.05) is 6.61 Å². The highest BCUT2D eigenvalue weighted by Gasteiger charge is 2.23. The zero-order valence-corrected chi connectivity index (χ0v) is 13.3. The first-order valence-corrected chi connectivity index (χ1v) is 7.45. The zero-order valence-electron chi connectivity index (χ0n) is 13.3. The molecule has 2 aromatic rings. The van der Waals surface area contributed by atoms with E-state index in [9.17, 15) is 9.90 Å². The summed E-state index contributed by atoms with van der Waals surface area (Å²) in [5.74, 6) is -0.0225. The average molecular weight is 301 g/mol. The maximum atomic E-state index is 12.4. The first-order chi connectivity index (χ1) is 10.4. The molecule has 0 bridgehead atoms. The molecule has 1 aromatic heterocycles. The van der Waals surface area contributed by atoms with E-state index in [1.165, 1.54) is 6.26 Å². The molecule has 1 amide bonds. The smallest absolute Gasteiger partial charge is 0.287 e. The van der Waals surface area contributed by atoms with E-state index in [2.05, 4.69) is 26.1 Å². The minimum Gasteiger partial charge on any atom is -0.459 e. The van der Waals surface area contributed by atoms with E-state index in [4.69, 9.17) is 4.42 Å². The summed E-state index contributed by atoms with van der Waals surface area (Å²) in [6.07, 6.45) is 2.20. The molecule has 4 heteroatoms. The molecule has 2 rings (SSSR count). The number of carbonyl (C=O) groups is 1. The summed E-state index contributed by atoms with van der Waals surface area (Å²) in [4.78, 5) is 12.4. The van der Waals surface area contributed by atoms with Crippen molar-refractivity contribution in [2.24, 2.45) is 5.41 Å². The lowest BCUT2D eigenvalue weighted by Crippen LogP contribution is -2.40. The fourth-order valence-electron chi connectivity index (χ4n) is 2.48. The van der Waals surface area contributed by atoms with Crippen LogP contribution in [-0.4, -0.2) is 23.7 Å². The van der Waals surface area contributed by atoms with Crippen LogP contribution < -0.4 is 5.32 Å². The number of aliphatic hydroxyl groups excluding tert-OH is 1. The highest BCUT2D eigenvalue weighted by molar-refractivity contribution is 5.98. The fourth-order valence-corrected chi connectivity index (χ4v) is 2.48. The maximum absolute atomic E-state index is 12.4. The minimum atomic E-state index is -0.299. The van der Waals surface area contributed by atoms with E-state index in [1.807, 2.05) is 30.3 Å². The Hall–Kier alpha value is -2.07. The summed E-state index contributed by atoms with van der Waals surface area (Å²) in [6.45, 7) is 6.13. The number of amides is 1. The molecule has 0 saturated carbocycles. The Kier molecular flexibility index (Phi) is 5.03. The monoisotopic (exact) mass is 301 g/mol. The molecule has 0 aliphatic carbocycles. The van der Waals surface area contributed by atoms with Gasteiger partial charge in [0, 0.05) is 5.56 Å². The van der Waals surface area contributed by atoms with Crippen molar-refractivity contribution in [1.29, 1.82) is 0 Å². The summed E-state index contributed by atoms with van der Waals surface area (Å²) in [5.41, 5.74) is 1.70. The molecule has 0 fully saturated rings. The molecular formula is C18H23NO3. The summed E-state index contributed by atoms with van der Waals surface area (Å²) in [6, 6.07) is 11.1. The van der Waals surface area contributed by atoms with Crippen molar-refractivity contribution in [1.82, 2.24) is 5.32 Å². The predicted octanol–water partition coefficient (Wildman–Crippen LogP) is 3.47. The molecule has 2 N–H and O–H groups in total. The lowest BCUT2D eigenvalue weighted by Gasteiger charge is -2.25. The Bertz CT molecular complexity index is 611. The average Bonchev–Trinajstić information content (AvgIpc) is 2.95. The maximum Gasteiger partial charge on any atom is 0.287 e. The van der Waals surface area contributed by atoms with Gasteiger partial charge in [-0.3, -0.25) is 4.79 Å². The molecule has 0 spiro atoms. The Balaban J connectivity index is 2.16. The van der Waals surface area contributed by atoms with Gasteiger partial charge < -0.3 is 14.8 Å². The van der Waals surface area contributed by atoms with E-state index in [0.29, 0.717) is 6.42 Å². The molecule has 0 radical (unpaired) electrons. The van der Waals surface area contributed by atoms with Crippen molar-refractivity contribution in [3.63, 3.8) is 0 Å². The third-order valence-electron chi connectivity index (χ3n) is 3.37. The summed E-state index contributed by atoms with van der Waals surface area (Å²) >= 11 is 0. The molecular weight excluding hydrogens is 278 g/mol. The largest absolute Gasteiger partial charge is 0.459 e. The summed E-state index contributed by atoms with van der Waals surface area (Å²) in [5, 5.41) is 12.3. The summed E-state index contributed by atoms with van der Waals surface area (Å²) in [7, 11) is 0. The van der Waals surface area contributed by atoms with Gasteiger partial charge in [-0.05, 0) is 23.5 Å². The molecule has 0 saturated heterocycles. The van der Waals surface area contributed by atoms with E-state index >= 15 is 0 Å². The van der Waals surface area contributed by atoms with Crippen LogP contribution in [0.3, 0.4) is 0 Å². The summed E-state index contributed by atoms with van der Waals surface area (Å²) < 4.78 is 5.36. The van der Waals surface area contributed by atoms with Crippen molar-refractivity contribution in [2.45, 2.75) is 33.2 Å². The second-order valence-corrected chi connectivity index (χ2v) is 6.65. The zero-order chi connectivity index (χ0) is 16.2. The number of carbonyl (C=O) groups excluding carboxylic acids is 1. The number of nitrogens with one attached hydrogen (secondary N) is 1. The highest BCUT2D eigenvalue weighted by atomic mass is 16.3. The Morgan fingerprint density at radius 2 is 1.91 bits per heavy atom. The first kappa shape index (κ1) is 16.3. The molecule has 1 atom stereocenters. The lowest BCUT2D eigenvalue weighted by atomic mass is 9.88. The van der Waals surface area contributed by atoms with Gasteiger partial charge in [0.1, 0.15) is 0 Å². The Labute approximate surface area is 131 Å². The van der Waals surface area contributed by atoms with Gasteiger partial charge in [-0.1, -0.05) is 51.1 Å². The van der Waals surface area contributed by atoms with Crippen LogP contribution in [0.4, 0.5) is 0 Å². The van der Waals surface area contributed by atoms with Crippen LogP contribution in [0.2, 0.25) is 0 Å². The number of furan rings is 1. The quantitative estimate of drug-likeness (QED) is 0.889. The molecule has 0 aliphatic rings. The Morgan fingerprint density at radius 1 is 1.23 bits per heavy atom. The number of aliphatic hydroxyl groups is 1. The molecule has 4 nitrogen and oxygen atoms in total. The van der Waals surface area contributed by atoms with Gasteiger partial charge in [-0.2, -0.15) is 0 Å². The van der Waals surface area contributed by atoms with E-state index in [0.717, 1.165) is 11.1 Å². The number of hydrogen-bond donors (Lipinski definition) is 2. The van der Waals surface area contributed by atoms with E-state index < -0.39 is 0 Å². The highest BCUT2D eigenvalue weighted by Crippen LogP contribution is 2.25. The van der Waals surface area contributed by atoms with Crippen LogP contribution in [0.5, 0.6) is 0 Å². The molecule has 118 valence electrons. The van der Waals surface area contributed by atoms with Crippen molar-refractivity contribution in [3.8, 4) is 11.1 Å². The topological polar surface area (TPSA) is 62.5 Å². The van der Waals surface area contributed by atoms with Crippen LogP contribution in [-0.2, 0) is 0 Å². The molecule has 0 unspecified atom stereocenters. The van der Waals surface area contributed by atoms with Crippen molar-refractivity contribution >= 4 is 5.91 Å². The second kappa shape index (κ2) is 6.79. The molecule has 1 heterocycles. The molecule has 0 aliphatic heterocycles. The standard InChI is InChI=1S/C18H23NO3/c1-18(2,3)11-14(12-20)19-17(21)16-15(9-10-22-16)13-7-5-4-6-8-13/h4-10,14,20H,11-12H2,1-3H3,(H,19,21)/t14-/m1/s1. The number of rotatable bonds is 5. The molecule has 22 heavy (non-hydrogen) atoms. The third-order valence-corrected chi connectivity index (χ3v) is 3.37. The van der Waals surface area contributed by atoms with Gasteiger partial charge in [0.05, 0.1) is 18.9 Å². The Morgan fingerprint density at radius 3 is 2.50 bits per heavy atom. The van der Waals surface area contributed by atoms with Crippen LogP contribution in [0.25, 0.3) is 11.1 Å². The SMILES string of the molecule is CC(C)(C)C[C@H](CO)NC(=O)c1occc1-c1ccccc1. The predicted molar refractivity (Wildman–Crippen MR) is 86.6 cm³/mol. The van der Waals surface area contributed by atoms with Crippen LogP contribution >= 0.6 is 0 Å². The van der Waals surface area contributed by atoms with Gasteiger partial charge in [0.25, 0.3) is 5.91 Å². The van der Waals surface area contributed by atoms with Crippen molar-refractivity contribution < 1.29 is 14.3 Å². The van der Waals surface area contributed by atoms with Gasteiger partial charge in [-0.15, -0.1) is 0 Å².